The van der Waals surface area contributed by atoms with E-state index in [4.69, 9.17) is 0 Å². The second kappa shape index (κ2) is 11.8. The molecular weight excluding hydrogens is 262 g/mol. The zero-order valence-corrected chi connectivity index (χ0v) is 15.2. The minimum absolute atomic E-state index is 0.564. The van der Waals surface area contributed by atoms with E-state index < -0.39 is 0 Å². The molecule has 0 unspecified atom stereocenters. The summed E-state index contributed by atoms with van der Waals surface area (Å²) in [5, 5.41) is 6.71. The molecule has 0 aliphatic carbocycles. The summed E-state index contributed by atoms with van der Waals surface area (Å²) in [5.74, 6) is 0.925. The molecule has 0 bridgehead atoms. The summed E-state index contributed by atoms with van der Waals surface area (Å²) >= 11 is 0. The first kappa shape index (κ1) is 20.2. The van der Waals surface area contributed by atoms with Crippen LogP contribution >= 0.6 is 0 Å². The highest BCUT2D eigenvalue weighted by Gasteiger charge is 2.12. The van der Waals surface area contributed by atoms with Crippen LogP contribution in [0.15, 0.2) is 4.99 Å². The molecule has 0 saturated heterocycles. The molecule has 0 fully saturated rings. The van der Waals surface area contributed by atoms with E-state index >= 15 is 0 Å². The van der Waals surface area contributed by atoms with Gasteiger partial charge >= 0.3 is 0 Å². The third kappa shape index (κ3) is 9.69. The van der Waals surface area contributed by atoms with Crippen LogP contribution in [0.2, 0.25) is 0 Å². The molecule has 5 nitrogen and oxygen atoms in total. The van der Waals surface area contributed by atoms with E-state index in [1.54, 1.807) is 0 Å². The number of guanidine groups is 1. The summed E-state index contributed by atoms with van der Waals surface area (Å²) in [4.78, 5) is 9.43. The second-order valence-electron chi connectivity index (χ2n) is 6.01. The van der Waals surface area contributed by atoms with Crippen molar-refractivity contribution in [2.45, 2.75) is 53.6 Å². The van der Waals surface area contributed by atoms with E-state index in [2.05, 4.69) is 74.0 Å². The first-order valence-electron chi connectivity index (χ1n) is 8.38. The minimum atomic E-state index is 0.564. The molecule has 0 heterocycles. The van der Waals surface area contributed by atoms with Crippen LogP contribution in [0.3, 0.4) is 0 Å². The van der Waals surface area contributed by atoms with E-state index in [9.17, 15) is 0 Å². The van der Waals surface area contributed by atoms with Gasteiger partial charge in [-0.3, -0.25) is 9.89 Å². The molecule has 0 amide bonds. The molecule has 0 aromatic carbocycles. The Kier molecular flexibility index (Phi) is 11.4. The maximum atomic E-state index is 4.67. The smallest absolute Gasteiger partial charge is 0.191 e. The highest BCUT2D eigenvalue weighted by molar-refractivity contribution is 5.79. The average molecular weight is 300 g/mol. The number of hydrogen-bond acceptors (Lipinski definition) is 3. The number of nitrogens with one attached hydrogen (secondary N) is 2. The quantitative estimate of drug-likeness (QED) is 0.475. The van der Waals surface area contributed by atoms with Gasteiger partial charge < -0.3 is 15.5 Å². The summed E-state index contributed by atoms with van der Waals surface area (Å²) < 4.78 is 0. The molecule has 0 radical (unpaired) electrons. The van der Waals surface area contributed by atoms with Crippen LogP contribution in [-0.2, 0) is 0 Å². The third-order valence-electron chi connectivity index (χ3n) is 3.62. The van der Waals surface area contributed by atoms with E-state index in [1.165, 1.54) is 0 Å². The monoisotopic (exact) mass is 299 g/mol. The standard InChI is InChI=1S/C16H37N5/c1-8-17-16(18-10-12-20(7)9-2)19-11-13-21(14(3)4)15(5)6/h14-15H,8-13H2,1-7H3,(H2,17,18,19). The van der Waals surface area contributed by atoms with Gasteiger partial charge in [0.2, 0.25) is 0 Å². The van der Waals surface area contributed by atoms with Gasteiger partial charge in [0.15, 0.2) is 5.96 Å². The van der Waals surface area contributed by atoms with Gasteiger partial charge in [0.1, 0.15) is 0 Å². The Morgan fingerprint density at radius 2 is 1.62 bits per heavy atom. The van der Waals surface area contributed by atoms with Crippen LogP contribution in [0, 0.1) is 0 Å². The molecule has 0 rings (SSSR count). The van der Waals surface area contributed by atoms with Crippen LogP contribution in [-0.4, -0.2) is 74.2 Å². The van der Waals surface area contributed by atoms with Gasteiger partial charge in [0, 0.05) is 38.3 Å². The molecule has 0 aromatic rings. The first-order chi connectivity index (χ1) is 9.92. The Labute approximate surface area is 132 Å². The van der Waals surface area contributed by atoms with Gasteiger partial charge in [-0.1, -0.05) is 6.92 Å². The van der Waals surface area contributed by atoms with Crippen molar-refractivity contribution in [3.05, 3.63) is 0 Å². The zero-order chi connectivity index (χ0) is 16.3. The third-order valence-corrected chi connectivity index (χ3v) is 3.62. The molecule has 0 aliphatic rings. The summed E-state index contributed by atoms with van der Waals surface area (Å²) in [6.07, 6.45) is 0. The van der Waals surface area contributed by atoms with Gasteiger partial charge in [-0.2, -0.15) is 0 Å². The Morgan fingerprint density at radius 1 is 1.00 bits per heavy atom. The van der Waals surface area contributed by atoms with E-state index in [0.717, 1.165) is 45.2 Å². The van der Waals surface area contributed by atoms with Gasteiger partial charge in [0.05, 0.1) is 6.54 Å². The molecule has 0 atom stereocenters. The molecule has 21 heavy (non-hydrogen) atoms. The molecule has 0 aromatic heterocycles. The van der Waals surface area contributed by atoms with Gasteiger partial charge in [0.25, 0.3) is 0 Å². The molecule has 5 heteroatoms. The molecular formula is C16H37N5. The molecule has 2 N–H and O–H groups in total. The number of rotatable bonds is 10. The van der Waals surface area contributed by atoms with Crippen molar-refractivity contribution in [1.82, 2.24) is 20.4 Å². The Morgan fingerprint density at radius 3 is 2.10 bits per heavy atom. The minimum Gasteiger partial charge on any atom is -0.357 e. The first-order valence-corrected chi connectivity index (χ1v) is 8.38. The van der Waals surface area contributed by atoms with Crippen molar-refractivity contribution in [1.29, 1.82) is 0 Å². The van der Waals surface area contributed by atoms with Crippen LogP contribution in [0.1, 0.15) is 41.5 Å². The molecule has 0 spiro atoms. The predicted octanol–water partition coefficient (Wildman–Crippen LogP) is 1.61. The van der Waals surface area contributed by atoms with Crippen molar-refractivity contribution in [3.8, 4) is 0 Å². The van der Waals surface area contributed by atoms with Crippen LogP contribution < -0.4 is 10.6 Å². The van der Waals surface area contributed by atoms with Gasteiger partial charge in [-0.15, -0.1) is 0 Å². The number of likely N-dealkylation sites (N-methyl/N-ethyl adjacent to an activating group) is 1. The highest BCUT2D eigenvalue weighted by Crippen LogP contribution is 2.03. The fourth-order valence-corrected chi connectivity index (χ4v) is 2.25. The van der Waals surface area contributed by atoms with Gasteiger partial charge in [-0.25, -0.2) is 0 Å². The fraction of sp³-hybridized carbons (Fsp3) is 0.938. The Balaban J connectivity index is 4.25. The lowest BCUT2D eigenvalue weighted by atomic mass is 10.2. The van der Waals surface area contributed by atoms with Crippen LogP contribution in [0.4, 0.5) is 0 Å². The number of aliphatic imine (C=N–C) groups is 1. The van der Waals surface area contributed by atoms with Crippen molar-refractivity contribution < 1.29 is 0 Å². The molecule has 0 aliphatic heterocycles. The topological polar surface area (TPSA) is 42.9 Å². The van der Waals surface area contributed by atoms with E-state index in [1.807, 2.05) is 0 Å². The SMILES string of the molecule is CCNC(=NCCN(C(C)C)C(C)C)NCCN(C)CC. The maximum Gasteiger partial charge on any atom is 0.191 e. The number of nitrogens with zero attached hydrogens (tertiary/aromatic N) is 3. The largest absolute Gasteiger partial charge is 0.357 e. The summed E-state index contributed by atoms with van der Waals surface area (Å²) in [7, 11) is 2.13. The van der Waals surface area contributed by atoms with Crippen LogP contribution in [0.25, 0.3) is 0 Å². The van der Waals surface area contributed by atoms with Crippen LogP contribution in [0.5, 0.6) is 0 Å². The Bertz CT molecular complexity index is 268. The second-order valence-corrected chi connectivity index (χ2v) is 6.01. The van der Waals surface area contributed by atoms with E-state index in [-0.39, 0.29) is 0 Å². The average Bonchev–Trinajstić information content (AvgIpc) is 2.42. The van der Waals surface area contributed by atoms with Crippen molar-refractivity contribution in [2.75, 3.05) is 46.3 Å². The maximum absolute atomic E-state index is 4.67. The summed E-state index contributed by atoms with van der Waals surface area (Å²) in [5.41, 5.74) is 0. The van der Waals surface area contributed by atoms with Crippen molar-refractivity contribution in [3.63, 3.8) is 0 Å². The normalized spacial score (nSPS) is 12.8. The molecule has 126 valence electrons. The number of hydrogen-bond donors (Lipinski definition) is 2. The summed E-state index contributed by atoms with van der Waals surface area (Å²) in [6, 6.07) is 1.13. The van der Waals surface area contributed by atoms with Gasteiger partial charge in [-0.05, 0) is 48.2 Å². The van der Waals surface area contributed by atoms with E-state index in [0.29, 0.717) is 12.1 Å². The zero-order valence-electron chi connectivity index (χ0n) is 15.2. The molecule has 0 saturated carbocycles. The Hall–Kier alpha value is -0.810. The van der Waals surface area contributed by atoms with Crippen molar-refractivity contribution >= 4 is 5.96 Å². The highest BCUT2D eigenvalue weighted by atomic mass is 15.2. The summed E-state index contributed by atoms with van der Waals surface area (Å²) in [6.45, 7) is 19.0. The predicted molar refractivity (Wildman–Crippen MR) is 94.1 cm³/mol. The lowest BCUT2D eigenvalue weighted by molar-refractivity contribution is 0.181. The lowest BCUT2D eigenvalue weighted by Crippen LogP contribution is -2.42. The fourth-order valence-electron chi connectivity index (χ4n) is 2.25. The van der Waals surface area contributed by atoms with Crippen molar-refractivity contribution in [2.24, 2.45) is 4.99 Å². The lowest BCUT2D eigenvalue weighted by Gasteiger charge is -2.29.